The van der Waals surface area contributed by atoms with Gasteiger partial charge in [0.25, 0.3) is 0 Å². The molecule has 0 aromatic carbocycles. The van der Waals surface area contributed by atoms with Gasteiger partial charge in [-0.1, -0.05) is 20.3 Å². The molecule has 12 heavy (non-hydrogen) atoms. The van der Waals surface area contributed by atoms with Crippen LogP contribution in [0.15, 0.2) is 11.6 Å². The van der Waals surface area contributed by atoms with Crippen molar-refractivity contribution in [2.24, 2.45) is 5.92 Å². The molecule has 0 bridgehead atoms. The Morgan fingerprint density at radius 3 is 2.92 bits per heavy atom. The Morgan fingerprint density at radius 2 is 2.42 bits per heavy atom. The zero-order chi connectivity index (χ0) is 8.97. The highest BCUT2D eigenvalue weighted by Crippen LogP contribution is 2.26. The van der Waals surface area contributed by atoms with Crippen molar-refractivity contribution in [2.45, 2.75) is 32.8 Å². The lowest BCUT2D eigenvalue weighted by Crippen LogP contribution is -2.08. The molecule has 3 heteroatoms. The predicted molar refractivity (Wildman–Crippen MR) is 51.1 cm³/mol. The second-order valence-electron chi connectivity index (χ2n) is 3.08. The highest BCUT2D eigenvalue weighted by Gasteiger charge is 2.17. The molecule has 1 aromatic rings. The summed E-state index contributed by atoms with van der Waals surface area (Å²) < 4.78 is 0. The Bertz CT molecular complexity index is 210. The smallest absolute Gasteiger partial charge is 0.121 e. The number of hydrogen-bond acceptors (Lipinski definition) is 3. The summed E-state index contributed by atoms with van der Waals surface area (Å²) in [7, 11) is 0. The SMILES string of the molecule is CCCC(C)C(O)c1nccs1. The van der Waals surface area contributed by atoms with Crippen LogP contribution in [0.25, 0.3) is 0 Å². The molecule has 0 radical (unpaired) electrons. The molecule has 0 aliphatic heterocycles. The molecule has 68 valence electrons. The van der Waals surface area contributed by atoms with Crippen LogP contribution >= 0.6 is 11.3 Å². The van der Waals surface area contributed by atoms with E-state index in [9.17, 15) is 5.11 Å². The summed E-state index contributed by atoms with van der Waals surface area (Å²) in [5, 5.41) is 12.5. The second kappa shape index (κ2) is 4.58. The molecule has 0 fully saturated rings. The normalized spacial score (nSPS) is 15.9. The molecule has 2 unspecified atom stereocenters. The van der Waals surface area contributed by atoms with Gasteiger partial charge >= 0.3 is 0 Å². The quantitative estimate of drug-likeness (QED) is 0.782. The Balaban J connectivity index is 2.53. The van der Waals surface area contributed by atoms with E-state index in [4.69, 9.17) is 0 Å². The third-order valence-corrected chi connectivity index (χ3v) is 2.83. The lowest BCUT2D eigenvalue weighted by molar-refractivity contribution is 0.112. The number of rotatable bonds is 4. The van der Waals surface area contributed by atoms with Crippen molar-refractivity contribution in [3.8, 4) is 0 Å². The fraction of sp³-hybridized carbons (Fsp3) is 0.667. The van der Waals surface area contributed by atoms with Gasteiger partial charge in [-0.05, 0) is 12.3 Å². The van der Waals surface area contributed by atoms with Crippen molar-refractivity contribution in [3.05, 3.63) is 16.6 Å². The van der Waals surface area contributed by atoms with E-state index in [2.05, 4.69) is 18.8 Å². The van der Waals surface area contributed by atoms with Crippen molar-refractivity contribution >= 4 is 11.3 Å². The van der Waals surface area contributed by atoms with Gasteiger partial charge in [0.2, 0.25) is 0 Å². The first kappa shape index (κ1) is 9.68. The maximum absolute atomic E-state index is 9.76. The van der Waals surface area contributed by atoms with Crippen LogP contribution in [0.4, 0.5) is 0 Å². The lowest BCUT2D eigenvalue weighted by Gasteiger charge is -2.15. The molecular weight excluding hydrogens is 170 g/mol. The lowest BCUT2D eigenvalue weighted by atomic mass is 10.0. The molecule has 0 saturated carbocycles. The van der Waals surface area contributed by atoms with Gasteiger partial charge < -0.3 is 5.11 Å². The van der Waals surface area contributed by atoms with Crippen LogP contribution in [0.5, 0.6) is 0 Å². The minimum atomic E-state index is -0.370. The largest absolute Gasteiger partial charge is 0.386 e. The van der Waals surface area contributed by atoms with Gasteiger partial charge in [0, 0.05) is 11.6 Å². The Labute approximate surface area is 77.3 Å². The number of aliphatic hydroxyl groups is 1. The maximum atomic E-state index is 9.76. The van der Waals surface area contributed by atoms with Gasteiger partial charge in [-0.15, -0.1) is 11.3 Å². The number of nitrogens with zero attached hydrogens (tertiary/aromatic N) is 1. The molecule has 2 atom stereocenters. The molecule has 0 aliphatic rings. The minimum Gasteiger partial charge on any atom is -0.386 e. The van der Waals surface area contributed by atoms with Gasteiger partial charge in [0.15, 0.2) is 0 Å². The van der Waals surface area contributed by atoms with Crippen molar-refractivity contribution in [1.82, 2.24) is 4.98 Å². The van der Waals surface area contributed by atoms with Crippen LogP contribution in [0.2, 0.25) is 0 Å². The molecule has 2 nitrogen and oxygen atoms in total. The van der Waals surface area contributed by atoms with Crippen molar-refractivity contribution in [2.75, 3.05) is 0 Å². The molecular formula is C9H15NOS. The van der Waals surface area contributed by atoms with Crippen LogP contribution in [-0.4, -0.2) is 10.1 Å². The highest BCUT2D eigenvalue weighted by atomic mass is 32.1. The average molecular weight is 185 g/mol. The zero-order valence-corrected chi connectivity index (χ0v) is 8.34. The molecule has 1 rings (SSSR count). The van der Waals surface area contributed by atoms with Crippen LogP contribution in [-0.2, 0) is 0 Å². The van der Waals surface area contributed by atoms with Crippen molar-refractivity contribution in [1.29, 1.82) is 0 Å². The molecule has 0 saturated heterocycles. The maximum Gasteiger partial charge on any atom is 0.121 e. The summed E-state index contributed by atoms with van der Waals surface area (Å²) in [5.74, 6) is 0.321. The van der Waals surface area contributed by atoms with E-state index in [0.717, 1.165) is 17.8 Å². The first-order valence-corrected chi connectivity index (χ1v) is 5.21. The van der Waals surface area contributed by atoms with E-state index in [1.807, 2.05) is 5.38 Å². The fourth-order valence-corrected chi connectivity index (χ4v) is 1.99. The summed E-state index contributed by atoms with van der Waals surface area (Å²) >= 11 is 1.52. The molecule has 0 aliphatic carbocycles. The summed E-state index contributed by atoms with van der Waals surface area (Å²) in [6.07, 6.45) is 3.54. The average Bonchev–Trinajstić information content (AvgIpc) is 2.55. The fourth-order valence-electron chi connectivity index (χ4n) is 1.24. The summed E-state index contributed by atoms with van der Waals surface area (Å²) in [4.78, 5) is 4.09. The molecule has 1 heterocycles. The summed E-state index contributed by atoms with van der Waals surface area (Å²) in [5.41, 5.74) is 0. The first-order valence-electron chi connectivity index (χ1n) is 4.33. The van der Waals surface area contributed by atoms with Crippen LogP contribution in [0, 0.1) is 5.92 Å². The third-order valence-electron chi connectivity index (χ3n) is 1.99. The standard InChI is InChI=1S/C9H15NOS/c1-3-4-7(2)8(11)9-10-5-6-12-9/h5-8,11H,3-4H2,1-2H3. The Hall–Kier alpha value is -0.410. The number of thiazole rings is 1. The summed E-state index contributed by atoms with van der Waals surface area (Å²) in [6, 6.07) is 0. The van der Waals surface area contributed by atoms with Gasteiger partial charge in [-0.3, -0.25) is 0 Å². The molecule has 0 amide bonds. The molecule has 1 N–H and O–H groups in total. The van der Waals surface area contributed by atoms with E-state index in [-0.39, 0.29) is 6.10 Å². The monoisotopic (exact) mass is 185 g/mol. The Kier molecular flexibility index (Phi) is 3.69. The topological polar surface area (TPSA) is 33.1 Å². The minimum absolute atomic E-state index is 0.321. The van der Waals surface area contributed by atoms with E-state index in [0.29, 0.717) is 5.92 Å². The first-order chi connectivity index (χ1) is 5.75. The van der Waals surface area contributed by atoms with Gasteiger partial charge in [0.05, 0.1) is 0 Å². The second-order valence-corrected chi connectivity index (χ2v) is 4.01. The van der Waals surface area contributed by atoms with E-state index >= 15 is 0 Å². The summed E-state index contributed by atoms with van der Waals surface area (Å²) in [6.45, 7) is 4.20. The third kappa shape index (κ3) is 2.29. The van der Waals surface area contributed by atoms with Gasteiger partial charge in [0.1, 0.15) is 11.1 Å². The van der Waals surface area contributed by atoms with Crippen LogP contribution in [0.3, 0.4) is 0 Å². The van der Waals surface area contributed by atoms with Crippen LogP contribution < -0.4 is 0 Å². The predicted octanol–water partition coefficient (Wildman–Crippen LogP) is 2.61. The number of aliphatic hydroxyl groups excluding tert-OH is 1. The van der Waals surface area contributed by atoms with Gasteiger partial charge in [-0.2, -0.15) is 0 Å². The van der Waals surface area contributed by atoms with Crippen molar-refractivity contribution < 1.29 is 5.11 Å². The number of aromatic nitrogens is 1. The number of hydrogen-bond donors (Lipinski definition) is 1. The van der Waals surface area contributed by atoms with Gasteiger partial charge in [-0.25, -0.2) is 4.98 Å². The van der Waals surface area contributed by atoms with E-state index in [1.54, 1.807) is 6.20 Å². The van der Waals surface area contributed by atoms with E-state index < -0.39 is 0 Å². The van der Waals surface area contributed by atoms with Crippen molar-refractivity contribution in [3.63, 3.8) is 0 Å². The van der Waals surface area contributed by atoms with Crippen LogP contribution in [0.1, 0.15) is 37.8 Å². The molecule has 1 aromatic heterocycles. The molecule has 0 spiro atoms. The highest BCUT2D eigenvalue weighted by molar-refractivity contribution is 7.09. The zero-order valence-electron chi connectivity index (χ0n) is 7.53. The Morgan fingerprint density at radius 1 is 1.67 bits per heavy atom. The van der Waals surface area contributed by atoms with E-state index in [1.165, 1.54) is 11.3 Å².